The Labute approximate surface area is 198 Å². The number of carbonyl (C=O) groups excluding carboxylic acids is 1. The molecule has 0 atom stereocenters. The summed E-state index contributed by atoms with van der Waals surface area (Å²) in [6, 6.07) is 15.4. The number of nitrogens with zero attached hydrogens (tertiary/aromatic N) is 2. The van der Waals surface area contributed by atoms with Crippen LogP contribution in [0.25, 0.3) is 5.69 Å². The number of benzene rings is 2. The fourth-order valence-corrected chi connectivity index (χ4v) is 4.42. The molecule has 1 amide bonds. The van der Waals surface area contributed by atoms with E-state index in [1.807, 2.05) is 0 Å². The lowest BCUT2D eigenvalue weighted by atomic mass is 9.76. The Morgan fingerprint density at radius 3 is 2.44 bits per heavy atom. The van der Waals surface area contributed by atoms with Crippen molar-refractivity contribution in [3.05, 3.63) is 81.1 Å². The highest BCUT2D eigenvalue weighted by atomic mass is 35.5. The third-order valence-electron chi connectivity index (χ3n) is 5.59. The number of halogens is 2. The predicted octanol–water partition coefficient (Wildman–Crippen LogP) is 7.33. The Hall–Kier alpha value is -2.76. The largest absolute Gasteiger partial charge is 0.437 e. The molecular weight excluding hydrogens is 445 g/mol. The van der Waals surface area contributed by atoms with E-state index in [0.717, 1.165) is 29.1 Å². The van der Waals surface area contributed by atoms with Gasteiger partial charge in [-0.15, -0.1) is 0 Å². The number of hydrogen-bond donors (Lipinski definition) is 1. The van der Waals surface area contributed by atoms with Crippen LogP contribution in [0.3, 0.4) is 0 Å². The summed E-state index contributed by atoms with van der Waals surface area (Å²) in [5, 5.41) is 7.64. The molecule has 1 heterocycles. The maximum atomic E-state index is 12.3. The average Bonchev–Trinajstić information content (AvgIpc) is 3.04. The highest BCUT2D eigenvalue weighted by Gasteiger charge is 2.33. The molecule has 7 heteroatoms. The molecule has 1 aliphatic carbocycles. The summed E-state index contributed by atoms with van der Waals surface area (Å²) in [6.07, 6.45) is 0.922. The Morgan fingerprint density at radius 1 is 1.03 bits per heavy atom. The summed E-state index contributed by atoms with van der Waals surface area (Å²) in [7, 11) is 0. The summed E-state index contributed by atoms with van der Waals surface area (Å²) in [4.78, 5) is 17.6. The molecule has 0 aliphatic heterocycles. The number of aryl methyl sites for hydroxylation is 2. The van der Waals surface area contributed by atoms with Gasteiger partial charge in [0.25, 0.3) is 0 Å². The predicted molar refractivity (Wildman–Crippen MR) is 130 cm³/mol. The number of aromatic nitrogens is 1. The minimum absolute atomic E-state index is 0.0252. The monoisotopic (exact) mass is 469 g/mol. The van der Waals surface area contributed by atoms with Gasteiger partial charge in [-0.3, -0.25) is 10.2 Å². The van der Waals surface area contributed by atoms with Gasteiger partial charge in [0.05, 0.1) is 15.8 Å². The molecule has 3 aromatic rings. The second-order valence-electron chi connectivity index (χ2n) is 9.01. The number of oxime groups is 1. The summed E-state index contributed by atoms with van der Waals surface area (Å²) in [6.45, 7) is 8.56. The van der Waals surface area contributed by atoms with E-state index in [9.17, 15) is 4.79 Å². The second-order valence-corrected chi connectivity index (χ2v) is 9.82. The molecule has 1 N–H and O–H groups in total. The smallest absolute Gasteiger partial charge is 0.318 e. The van der Waals surface area contributed by atoms with Gasteiger partial charge in [0.2, 0.25) is 0 Å². The third-order valence-corrected chi connectivity index (χ3v) is 6.33. The maximum Gasteiger partial charge on any atom is 0.437 e. The molecule has 1 aromatic heterocycles. The zero-order valence-corrected chi connectivity index (χ0v) is 20.0. The highest BCUT2D eigenvalue weighted by molar-refractivity contribution is 6.42. The molecule has 0 fully saturated rings. The van der Waals surface area contributed by atoms with Gasteiger partial charge in [0.15, 0.2) is 0 Å². The SMILES string of the molecule is Cc1ccc(-n2c(C)cc3c2CC(C)(C)C/C3=N\OC(=O)Nc2ccc(Cl)c(Cl)c2)cc1. The van der Waals surface area contributed by atoms with E-state index in [0.29, 0.717) is 22.2 Å². The fraction of sp³-hybridized carbons (Fsp3) is 0.280. The molecular formula is C25H25Cl2N3O2. The summed E-state index contributed by atoms with van der Waals surface area (Å²) >= 11 is 11.9. The van der Waals surface area contributed by atoms with Crippen LogP contribution in [-0.2, 0) is 11.3 Å². The molecule has 0 spiro atoms. The zero-order valence-electron chi connectivity index (χ0n) is 18.5. The van der Waals surface area contributed by atoms with Gasteiger partial charge in [-0.25, -0.2) is 4.79 Å². The van der Waals surface area contributed by atoms with Crippen LogP contribution in [0.2, 0.25) is 10.0 Å². The van der Waals surface area contributed by atoms with Crippen LogP contribution >= 0.6 is 23.2 Å². The van der Waals surface area contributed by atoms with Gasteiger partial charge in [-0.2, -0.15) is 0 Å². The lowest BCUT2D eigenvalue weighted by Gasteiger charge is -2.31. The van der Waals surface area contributed by atoms with Gasteiger partial charge in [-0.1, -0.05) is 59.9 Å². The molecule has 2 aromatic carbocycles. The Balaban J connectivity index is 1.62. The number of hydrogen-bond acceptors (Lipinski definition) is 3. The number of anilines is 1. The summed E-state index contributed by atoms with van der Waals surface area (Å²) in [5.41, 5.74) is 6.86. The first-order valence-electron chi connectivity index (χ1n) is 10.4. The van der Waals surface area contributed by atoms with Crippen molar-refractivity contribution < 1.29 is 9.63 Å². The van der Waals surface area contributed by atoms with Crippen LogP contribution < -0.4 is 5.32 Å². The molecule has 166 valence electrons. The van der Waals surface area contributed by atoms with E-state index in [4.69, 9.17) is 28.0 Å². The molecule has 4 rings (SSSR count). The standard InChI is InChI=1S/C25H25Cl2N3O2/c1-15-5-8-18(9-6-15)30-16(2)11-19-22(13-25(3,4)14-23(19)30)29-32-24(31)28-17-7-10-20(26)21(27)12-17/h5-12H,13-14H2,1-4H3,(H,28,31)/b29-22+. The maximum absolute atomic E-state index is 12.3. The summed E-state index contributed by atoms with van der Waals surface area (Å²) < 4.78 is 2.26. The Morgan fingerprint density at radius 2 is 1.75 bits per heavy atom. The quantitative estimate of drug-likeness (QED) is 0.322. The van der Waals surface area contributed by atoms with Crippen LogP contribution in [0.1, 0.15) is 42.8 Å². The minimum atomic E-state index is -0.685. The summed E-state index contributed by atoms with van der Waals surface area (Å²) in [5.74, 6) is 0. The first-order valence-corrected chi connectivity index (χ1v) is 11.2. The van der Waals surface area contributed by atoms with Crippen molar-refractivity contribution in [2.45, 2.75) is 40.5 Å². The van der Waals surface area contributed by atoms with E-state index < -0.39 is 6.09 Å². The van der Waals surface area contributed by atoms with Crippen LogP contribution in [-0.4, -0.2) is 16.4 Å². The normalized spacial score (nSPS) is 16.0. The van der Waals surface area contributed by atoms with Gasteiger partial charge < -0.3 is 4.57 Å². The van der Waals surface area contributed by atoms with E-state index in [1.165, 1.54) is 11.3 Å². The van der Waals surface area contributed by atoms with Gasteiger partial charge >= 0.3 is 6.09 Å². The van der Waals surface area contributed by atoms with Crippen molar-refractivity contribution in [1.82, 2.24) is 4.57 Å². The van der Waals surface area contributed by atoms with Crippen molar-refractivity contribution >= 4 is 40.7 Å². The van der Waals surface area contributed by atoms with E-state index in [2.05, 4.69) is 73.1 Å². The number of nitrogens with one attached hydrogen (secondary N) is 1. The molecule has 5 nitrogen and oxygen atoms in total. The molecule has 1 aliphatic rings. The molecule has 0 unspecified atom stereocenters. The first-order chi connectivity index (χ1) is 15.1. The average molecular weight is 470 g/mol. The first kappa shape index (κ1) is 22.4. The number of carbonyl (C=O) groups is 1. The van der Waals surface area contributed by atoms with E-state index in [1.54, 1.807) is 18.2 Å². The lowest BCUT2D eigenvalue weighted by Crippen LogP contribution is -2.29. The molecule has 32 heavy (non-hydrogen) atoms. The molecule has 0 saturated heterocycles. The Kier molecular flexibility index (Phi) is 6.06. The zero-order chi connectivity index (χ0) is 23.0. The van der Waals surface area contributed by atoms with E-state index >= 15 is 0 Å². The van der Waals surface area contributed by atoms with Crippen molar-refractivity contribution in [2.24, 2.45) is 10.6 Å². The number of amides is 1. The van der Waals surface area contributed by atoms with E-state index in [-0.39, 0.29) is 5.41 Å². The Bertz CT molecular complexity index is 1210. The van der Waals surface area contributed by atoms with Crippen molar-refractivity contribution in [3.63, 3.8) is 0 Å². The fourth-order valence-electron chi connectivity index (χ4n) is 4.12. The van der Waals surface area contributed by atoms with Gasteiger partial charge in [0.1, 0.15) is 0 Å². The third kappa shape index (κ3) is 4.69. The number of fused-ring (bicyclic) bond motifs is 1. The van der Waals surface area contributed by atoms with Crippen LogP contribution in [0.5, 0.6) is 0 Å². The van der Waals surface area contributed by atoms with Crippen molar-refractivity contribution in [3.8, 4) is 5.69 Å². The lowest BCUT2D eigenvalue weighted by molar-refractivity contribution is 0.165. The second kappa shape index (κ2) is 8.64. The highest BCUT2D eigenvalue weighted by Crippen LogP contribution is 2.38. The van der Waals surface area contributed by atoms with Crippen LogP contribution in [0.4, 0.5) is 10.5 Å². The van der Waals surface area contributed by atoms with Crippen molar-refractivity contribution in [2.75, 3.05) is 5.32 Å². The number of rotatable bonds is 3. The molecule has 0 bridgehead atoms. The van der Waals surface area contributed by atoms with Crippen molar-refractivity contribution in [1.29, 1.82) is 0 Å². The minimum Gasteiger partial charge on any atom is -0.318 e. The van der Waals surface area contributed by atoms with Crippen LogP contribution in [0.15, 0.2) is 53.7 Å². The van der Waals surface area contributed by atoms with Gasteiger partial charge in [-0.05, 0) is 68.5 Å². The topological polar surface area (TPSA) is 55.6 Å². The molecule has 0 saturated carbocycles. The van der Waals surface area contributed by atoms with Crippen LogP contribution in [0, 0.1) is 19.3 Å². The molecule has 0 radical (unpaired) electrons. The van der Waals surface area contributed by atoms with Gasteiger partial charge in [0, 0.05) is 28.3 Å².